The number of nitrogen functional groups attached to an aromatic ring is 1. The molecule has 0 spiro atoms. The number of anilines is 2. The van der Waals surface area contributed by atoms with Crippen molar-refractivity contribution in [2.75, 3.05) is 37.3 Å². The summed E-state index contributed by atoms with van der Waals surface area (Å²) in [5.74, 6) is -0.0772. The number of nitrogens with two attached hydrogens (primary N) is 1. The lowest BCUT2D eigenvalue weighted by Gasteiger charge is -2.40. The zero-order chi connectivity index (χ0) is 31.3. The van der Waals surface area contributed by atoms with Crippen LogP contribution in [0.1, 0.15) is 32.6 Å². The first-order valence-corrected chi connectivity index (χ1v) is 15.1. The first-order valence-electron chi connectivity index (χ1n) is 14.7. The van der Waals surface area contributed by atoms with Gasteiger partial charge in [-0.2, -0.15) is 4.98 Å². The number of rotatable bonds is 8. The number of aromatic nitrogens is 3. The topological polar surface area (TPSA) is 122 Å². The summed E-state index contributed by atoms with van der Waals surface area (Å²) in [6, 6.07) is 5.86. The van der Waals surface area contributed by atoms with E-state index < -0.39 is 11.5 Å². The van der Waals surface area contributed by atoms with E-state index in [4.69, 9.17) is 22.3 Å². The van der Waals surface area contributed by atoms with Crippen LogP contribution in [0.25, 0.3) is 28.0 Å². The number of hydrogen-bond donors (Lipinski definition) is 1. The summed E-state index contributed by atoms with van der Waals surface area (Å²) in [4.78, 5) is 48.9. The van der Waals surface area contributed by atoms with Gasteiger partial charge < -0.3 is 15.5 Å². The number of allylic oxidation sites excluding steroid dienone is 2. The third-order valence-corrected chi connectivity index (χ3v) is 8.81. The van der Waals surface area contributed by atoms with Crippen LogP contribution < -0.4 is 16.3 Å². The van der Waals surface area contributed by atoms with Crippen LogP contribution in [0.3, 0.4) is 0 Å². The van der Waals surface area contributed by atoms with Gasteiger partial charge in [-0.25, -0.2) is 18.7 Å². The summed E-state index contributed by atoms with van der Waals surface area (Å²) in [6.07, 6.45) is 5.00. The van der Waals surface area contributed by atoms with E-state index in [0.29, 0.717) is 42.2 Å². The quantitative estimate of drug-likeness (QED) is 0.220. The molecule has 1 atom stereocenters. The Balaban J connectivity index is 1.65. The molecule has 2 aromatic heterocycles. The van der Waals surface area contributed by atoms with Gasteiger partial charge in [-0.3, -0.25) is 14.8 Å². The number of benzene rings is 1. The molecule has 1 saturated heterocycles. The van der Waals surface area contributed by atoms with Gasteiger partial charge in [-0.1, -0.05) is 24.2 Å². The second kappa shape index (κ2) is 11.6. The number of fused-ring (bicyclic) bond motifs is 1. The summed E-state index contributed by atoms with van der Waals surface area (Å²) >= 11 is 6.83. The average Bonchev–Trinajstić information content (AvgIpc) is 3.93. The maximum absolute atomic E-state index is 15.2. The molecule has 1 aliphatic heterocycles. The van der Waals surface area contributed by atoms with Crippen molar-refractivity contribution in [3.05, 3.63) is 63.9 Å². The third kappa shape index (κ3) is 5.19. The Hall–Kier alpha value is -4.38. The number of halogens is 2. The summed E-state index contributed by atoms with van der Waals surface area (Å²) in [7, 11) is 1.71. The molecule has 1 amide bonds. The lowest BCUT2D eigenvalue weighted by molar-refractivity contribution is -0.128. The van der Waals surface area contributed by atoms with Gasteiger partial charge in [0.05, 0.1) is 38.8 Å². The van der Waals surface area contributed by atoms with Gasteiger partial charge in [0.1, 0.15) is 11.6 Å². The maximum atomic E-state index is 15.2. The molecule has 3 fully saturated rings. The number of aliphatic imine (C=N–C) groups is 2. The van der Waals surface area contributed by atoms with E-state index in [1.807, 2.05) is 11.8 Å². The van der Waals surface area contributed by atoms with Gasteiger partial charge in [0, 0.05) is 50.2 Å². The molecule has 3 aromatic rings. The zero-order valence-electron chi connectivity index (χ0n) is 24.8. The number of piperazine rings is 1. The van der Waals surface area contributed by atoms with Crippen molar-refractivity contribution in [3.63, 3.8) is 0 Å². The largest absolute Gasteiger partial charge is 0.398 e. The van der Waals surface area contributed by atoms with Gasteiger partial charge in [-0.05, 0) is 63.6 Å². The van der Waals surface area contributed by atoms with Crippen molar-refractivity contribution in [3.8, 4) is 11.3 Å². The molecule has 12 heteroatoms. The fourth-order valence-corrected chi connectivity index (χ4v) is 6.31. The van der Waals surface area contributed by atoms with Crippen LogP contribution in [0.5, 0.6) is 0 Å². The highest BCUT2D eigenvalue weighted by Crippen LogP contribution is 2.44. The Morgan fingerprint density at radius 3 is 2.50 bits per heavy atom. The highest BCUT2D eigenvalue weighted by molar-refractivity contribution is 6.34. The smallest absolute Gasteiger partial charge is 0.355 e. The SMILES string of the molecule is C=CC(=O)N1CCN(c2nc(=O)n(/C(C(=NC)C3CC3)=C(/N=C)C3CC3)c3nc(-c4c(N)cccc4F)c(Cl)cc23)C[C@H]1C. The van der Waals surface area contributed by atoms with Gasteiger partial charge in [-0.15, -0.1) is 0 Å². The van der Waals surface area contributed by atoms with Crippen LogP contribution in [0.4, 0.5) is 15.9 Å². The minimum Gasteiger partial charge on any atom is -0.398 e. The number of hydrogen-bond acceptors (Lipinski definition) is 8. The molecular formula is C32H34ClFN8O2. The molecule has 0 unspecified atom stereocenters. The molecule has 2 aliphatic carbocycles. The minimum absolute atomic E-state index is 0.0447. The van der Waals surface area contributed by atoms with E-state index in [0.717, 1.165) is 31.4 Å². The van der Waals surface area contributed by atoms with E-state index in [1.54, 1.807) is 24.1 Å². The van der Waals surface area contributed by atoms with E-state index in [9.17, 15) is 9.59 Å². The first-order chi connectivity index (χ1) is 21.2. The Labute approximate surface area is 259 Å². The second-order valence-electron chi connectivity index (χ2n) is 11.5. The van der Waals surface area contributed by atoms with Crippen molar-refractivity contribution >= 4 is 58.2 Å². The molecule has 44 heavy (non-hydrogen) atoms. The Morgan fingerprint density at radius 2 is 1.91 bits per heavy atom. The number of carbonyl (C=O) groups is 1. The Bertz CT molecular complexity index is 1800. The number of carbonyl (C=O) groups excluding carboxylic acids is 1. The van der Waals surface area contributed by atoms with Crippen molar-refractivity contribution in [2.45, 2.75) is 38.6 Å². The molecule has 1 aromatic carbocycles. The lowest BCUT2D eigenvalue weighted by Crippen LogP contribution is -2.54. The second-order valence-corrected chi connectivity index (χ2v) is 11.9. The highest BCUT2D eigenvalue weighted by Gasteiger charge is 2.38. The molecule has 3 aliphatic rings. The summed E-state index contributed by atoms with van der Waals surface area (Å²) in [5, 5.41) is 0.643. The molecule has 2 N–H and O–H groups in total. The number of pyridine rings is 1. The van der Waals surface area contributed by atoms with E-state index >= 15 is 4.39 Å². The van der Waals surface area contributed by atoms with Crippen LogP contribution in [-0.4, -0.2) is 70.5 Å². The van der Waals surface area contributed by atoms with Gasteiger partial charge in [0.2, 0.25) is 5.91 Å². The molecular weight excluding hydrogens is 583 g/mol. The van der Waals surface area contributed by atoms with E-state index in [-0.39, 0.29) is 51.4 Å². The highest BCUT2D eigenvalue weighted by atomic mass is 35.5. The van der Waals surface area contributed by atoms with Crippen LogP contribution in [0, 0.1) is 17.7 Å². The average molecular weight is 617 g/mol. The maximum Gasteiger partial charge on any atom is 0.355 e. The predicted octanol–water partition coefficient (Wildman–Crippen LogP) is 4.82. The van der Waals surface area contributed by atoms with E-state index in [2.05, 4.69) is 28.3 Å². The monoisotopic (exact) mass is 616 g/mol. The third-order valence-electron chi connectivity index (χ3n) is 8.52. The Kier molecular flexibility index (Phi) is 7.83. The normalized spacial score (nSPS) is 19.6. The zero-order valence-corrected chi connectivity index (χ0v) is 25.5. The lowest BCUT2D eigenvalue weighted by atomic mass is 10.1. The van der Waals surface area contributed by atoms with Crippen LogP contribution in [0.15, 0.2) is 57.4 Å². The molecule has 228 valence electrons. The fourth-order valence-electron chi connectivity index (χ4n) is 6.06. The molecule has 2 saturated carbocycles. The van der Waals surface area contributed by atoms with Gasteiger partial charge >= 0.3 is 5.69 Å². The number of nitrogens with zero attached hydrogens (tertiary/aromatic N) is 7. The van der Waals surface area contributed by atoms with Crippen LogP contribution in [-0.2, 0) is 4.79 Å². The van der Waals surface area contributed by atoms with E-state index in [1.165, 1.54) is 22.8 Å². The van der Waals surface area contributed by atoms with Crippen molar-refractivity contribution in [1.82, 2.24) is 19.4 Å². The molecule has 0 bridgehead atoms. The van der Waals surface area contributed by atoms with Crippen molar-refractivity contribution < 1.29 is 9.18 Å². The summed E-state index contributed by atoms with van der Waals surface area (Å²) in [5.41, 5.74) is 8.13. The van der Waals surface area contributed by atoms with Crippen molar-refractivity contribution in [1.29, 1.82) is 0 Å². The van der Waals surface area contributed by atoms with Gasteiger partial charge in [0.15, 0.2) is 5.65 Å². The van der Waals surface area contributed by atoms with Crippen LogP contribution >= 0.6 is 11.6 Å². The summed E-state index contributed by atoms with van der Waals surface area (Å²) < 4.78 is 16.7. The predicted molar refractivity (Wildman–Crippen MR) is 174 cm³/mol. The standard InChI is InChI=1S/C32H34ClFN8O2/c1-5-24(43)41-14-13-40(16-17(41)2)30-20-15-21(33)28(25-22(34)7-6-8-23(25)35)38-31(20)42(32(44)39-30)29(26(36-3)18-9-10-18)27(37-4)19-11-12-19/h5-8,15,17-19H,1,3,9-14,16,35H2,2,4H3/b29-26+,37-27?/t17-/m1/s1. The molecule has 10 nitrogen and oxygen atoms in total. The summed E-state index contributed by atoms with van der Waals surface area (Å²) in [6.45, 7) is 10.6. The molecule has 3 heterocycles. The van der Waals surface area contributed by atoms with Crippen molar-refractivity contribution in [2.24, 2.45) is 21.8 Å². The van der Waals surface area contributed by atoms with Crippen LogP contribution in [0.2, 0.25) is 5.02 Å². The Morgan fingerprint density at radius 1 is 1.18 bits per heavy atom. The number of amides is 1. The fraction of sp³-hybridized carbons (Fsp3) is 0.375. The molecule has 0 radical (unpaired) electrons. The minimum atomic E-state index is -0.588. The first kappa shape index (κ1) is 29.7. The molecule has 6 rings (SSSR count). The van der Waals surface area contributed by atoms with Gasteiger partial charge in [0.25, 0.3) is 0 Å².